The summed E-state index contributed by atoms with van der Waals surface area (Å²) in [7, 11) is 1.38. The van der Waals surface area contributed by atoms with Crippen LogP contribution in [0.15, 0.2) is 18.2 Å². The number of carbonyl (C=O) groups is 1. The molecule has 90 valence electrons. The van der Waals surface area contributed by atoms with Crippen LogP contribution >= 0.6 is 0 Å². The molecule has 0 bridgehead atoms. The smallest absolute Gasteiger partial charge is 0.340 e. The predicted octanol–water partition coefficient (Wildman–Crippen LogP) is 2.65. The van der Waals surface area contributed by atoms with Gasteiger partial charge in [-0.05, 0) is 12.1 Å². The summed E-state index contributed by atoms with van der Waals surface area (Å²) in [6.07, 6.45) is 0. The van der Waals surface area contributed by atoms with E-state index in [0.717, 1.165) is 16.9 Å². The van der Waals surface area contributed by atoms with Gasteiger partial charge in [0.05, 0.1) is 23.7 Å². The van der Waals surface area contributed by atoms with Gasteiger partial charge in [0.2, 0.25) is 0 Å². The molecule has 0 unspecified atom stereocenters. The summed E-state index contributed by atoms with van der Waals surface area (Å²) in [6, 6.07) is 5.42. The molecule has 0 aliphatic carbocycles. The molecule has 1 aromatic heterocycles. The lowest BCUT2D eigenvalue weighted by Crippen LogP contribution is -2.13. The highest BCUT2D eigenvalue weighted by molar-refractivity contribution is 6.01. The van der Waals surface area contributed by atoms with E-state index in [1.165, 1.54) is 7.11 Å². The van der Waals surface area contributed by atoms with Gasteiger partial charge in [0.25, 0.3) is 0 Å². The quantitative estimate of drug-likeness (QED) is 0.769. The summed E-state index contributed by atoms with van der Waals surface area (Å²) in [5, 5.41) is 0. The number of aromatic amines is 1. The first-order chi connectivity index (χ1) is 7.93. The maximum absolute atomic E-state index is 11.6. The Morgan fingerprint density at radius 1 is 1.35 bits per heavy atom. The molecular formula is C13H16N2O2. The zero-order valence-corrected chi connectivity index (χ0v) is 10.5. The summed E-state index contributed by atoms with van der Waals surface area (Å²) < 4.78 is 4.75. The van der Waals surface area contributed by atoms with Crippen molar-refractivity contribution in [1.29, 1.82) is 0 Å². The number of aromatic nitrogens is 2. The average Bonchev–Trinajstić information content (AvgIpc) is 2.71. The summed E-state index contributed by atoms with van der Waals surface area (Å²) in [4.78, 5) is 19.3. The van der Waals surface area contributed by atoms with Gasteiger partial charge in [-0.2, -0.15) is 0 Å². The minimum absolute atomic E-state index is 0.0770. The normalized spacial score (nSPS) is 11.8. The van der Waals surface area contributed by atoms with Crippen LogP contribution in [0.5, 0.6) is 0 Å². The first-order valence-electron chi connectivity index (χ1n) is 5.51. The molecule has 4 heteroatoms. The third-order valence-corrected chi connectivity index (χ3v) is 2.63. The average molecular weight is 232 g/mol. The number of hydrogen-bond donors (Lipinski definition) is 1. The van der Waals surface area contributed by atoms with Crippen molar-refractivity contribution < 1.29 is 9.53 Å². The number of fused-ring (bicyclic) bond motifs is 1. The number of rotatable bonds is 1. The molecule has 0 amide bonds. The van der Waals surface area contributed by atoms with Gasteiger partial charge in [-0.1, -0.05) is 26.8 Å². The van der Waals surface area contributed by atoms with Crippen molar-refractivity contribution in [1.82, 2.24) is 9.97 Å². The van der Waals surface area contributed by atoms with Gasteiger partial charge in [0, 0.05) is 5.41 Å². The number of ether oxygens (including phenoxy) is 1. The molecule has 4 nitrogen and oxygen atoms in total. The highest BCUT2D eigenvalue weighted by Crippen LogP contribution is 2.24. The molecule has 0 saturated carbocycles. The van der Waals surface area contributed by atoms with E-state index >= 15 is 0 Å². The first-order valence-corrected chi connectivity index (χ1v) is 5.51. The van der Waals surface area contributed by atoms with E-state index < -0.39 is 0 Å². The van der Waals surface area contributed by atoms with E-state index in [4.69, 9.17) is 4.74 Å². The van der Waals surface area contributed by atoms with Gasteiger partial charge >= 0.3 is 5.97 Å². The second-order valence-corrected chi connectivity index (χ2v) is 5.03. The molecule has 0 spiro atoms. The monoisotopic (exact) mass is 232 g/mol. The molecule has 17 heavy (non-hydrogen) atoms. The molecule has 0 aliphatic rings. The van der Waals surface area contributed by atoms with Crippen molar-refractivity contribution >= 4 is 17.0 Å². The van der Waals surface area contributed by atoms with Crippen LogP contribution in [0.25, 0.3) is 11.0 Å². The van der Waals surface area contributed by atoms with Crippen LogP contribution in [0.4, 0.5) is 0 Å². The number of nitrogens with one attached hydrogen (secondary N) is 1. The van der Waals surface area contributed by atoms with Crippen molar-refractivity contribution in [2.75, 3.05) is 7.11 Å². The summed E-state index contributed by atoms with van der Waals surface area (Å²) >= 11 is 0. The Morgan fingerprint density at radius 3 is 2.65 bits per heavy atom. The van der Waals surface area contributed by atoms with Crippen LogP contribution in [0.2, 0.25) is 0 Å². The molecular weight excluding hydrogens is 216 g/mol. The molecule has 0 saturated heterocycles. The minimum Gasteiger partial charge on any atom is -0.465 e. The fourth-order valence-electron chi connectivity index (χ4n) is 1.67. The van der Waals surface area contributed by atoms with Gasteiger partial charge in [0.1, 0.15) is 5.82 Å². The fourth-order valence-corrected chi connectivity index (χ4v) is 1.67. The van der Waals surface area contributed by atoms with Crippen LogP contribution in [0, 0.1) is 0 Å². The van der Waals surface area contributed by atoms with Gasteiger partial charge in [-0.15, -0.1) is 0 Å². The van der Waals surface area contributed by atoms with Gasteiger partial charge in [-0.3, -0.25) is 0 Å². The lowest BCUT2D eigenvalue weighted by Gasteiger charge is -2.13. The number of benzene rings is 1. The Kier molecular flexibility index (Phi) is 2.65. The van der Waals surface area contributed by atoms with E-state index in [1.54, 1.807) is 6.07 Å². The van der Waals surface area contributed by atoms with E-state index in [2.05, 4.69) is 30.7 Å². The lowest BCUT2D eigenvalue weighted by atomic mass is 9.96. The molecule has 0 fully saturated rings. The number of para-hydroxylation sites is 1. The number of carbonyl (C=O) groups excluding carboxylic acids is 1. The van der Waals surface area contributed by atoms with Gasteiger partial charge in [0.15, 0.2) is 0 Å². The van der Waals surface area contributed by atoms with E-state index in [9.17, 15) is 4.79 Å². The third kappa shape index (κ3) is 2.02. The summed E-state index contributed by atoms with van der Waals surface area (Å²) in [6.45, 7) is 6.22. The van der Waals surface area contributed by atoms with E-state index in [1.807, 2.05) is 12.1 Å². The van der Waals surface area contributed by atoms with Crippen LogP contribution in [0.3, 0.4) is 0 Å². The number of imidazole rings is 1. The molecule has 0 radical (unpaired) electrons. The molecule has 0 aliphatic heterocycles. The van der Waals surface area contributed by atoms with E-state index in [-0.39, 0.29) is 11.4 Å². The number of methoxy groups -OCH3 is 1. The number of nitrogens with zero attached hydrogens (tertiary/aromatic N) is 1. The van der Waals surface area contributed by atoms with Crippen molar-refractivity contribution in [2.45, 2.75) is 26.2 Å². The Bertz CT molecular complexity index is 564. The summed E-state index contributed by atoms with van der Waals surface area (Å²) in [5.74, 6) is 0.517. The first kappa shape index (κ1) is 11.6. The highest BCUT2D eigenvalue weighted by Gasteiger charge is 2.20. The number of hydrogen-bond acceptors (Lipinski definition) is 3. The Labute approximate surface area is 100 Å². The summed E-state index contributed by atoms with van der Waals surface area (Å²) in [5.41, 5.74) is 1.97. The van der Waals surface area contributed by atoms with Gasteiger partial charge in [-0.25, -0.2) is 9.78 Å². The minimum atomic E-state index is -0.347. The fraction of sp³-hybridized carbons (Fsp3) is 0.385. The largest absolute Gasteiger partial charge is 0.465 e. The maximum Gasteiger partial charge on any atom is 0.340 e. The zero-order valence-electron chi connectivity index (χ0n) is 10.5. The zero-order chi connectivity index (χ0) is 12.6. The molecule has 1 N–H and O–H groups in total. The second kappa shape index (κ2) is 3.87. The lowest BCUT2D eigenvalue weighted by molar-refractivity contribution is 0.0603. The standard InChI is InChI=1S/C13H16N2O2/c1-13(2,3)12-14-9-7-5-6-8(10(9)15-12)11(16)17-4/h5-7H,1-4H3,(H,14,15). The topological polar surface area (TPSA) is 55.0 Å². The van der Waals surface area contributed by atoms with Crippen molar-refractivity contribution in [2.24, 2.45) is 0 Å². The molecule has 0 atom stereocenters. The molecule has 2 rings (SSSR count). The van der Waals surface area contributed by atoms with Crippen LogP contribution < -0.4 is 0 Å². The number of esters is 1. The third-order valence-electron chi connectivity index (χ3n) is 2.63. The van der Waals surface area contributed by atoms with Gasteiger partial charge < -0.3 is 9.72 Å². The van der Waals surface area contributed by atoms with Crippen molar-refractivity contribution in [3.05, 3.63) is 29.6 Å². The number of H-pyrrole nitrogens is 1. The SMILES string of the molecule is COC(=O)c1cccc2nc(C(C)(C)C)[nH]c12. The van der Waals surface area contributed by atoms with Crippen LogP contribution in [0.1, 0.15) is 37.0 Å². The second-order valence-electron chi connectivity index (χ2n) is 5.03. The Morgan fingerprint density at radius 2 is 2.06 bits per heavy atom. The maximum atomic E-state index is 11.6. The van der Waals surface area contributed by atoms with Crippen LogP contribution in [-0.4, -0.2) is 23.0 Å². The molecule has 2 aromatic rings. The molecule has 1 aromatic carbocycles. The van der Waals surface area contributed by atoms with Crippen molar-refractivity contribution in [3.8, 4) is 0 Å². The Balaban J connectivity index is 2.65. The predicted molar refractivity (Wildman–Crippen MR) is 66.1 cm³/mol. The molecule has 1 heterocycles. The van der Waals surface area contributed by atoms with Crippen LogP contribution in [-0.2, 0) is 10.2 Å². The highest BCUT2D eigenvalue weighted by atomic mass is 16.5. The van der Waals surface area contributed by atoms with Crippen molar-refractivity contribution in [3.63, 3.8) is 0 Å². The van der Waals surface area contributed by atoms with E-state index in [0.29, 0.717) is 5.56 Å². The Hall–Kier alpha value is -1.84.